The van der Waals surface area contributed by atoms with E-state index in [0.717, 1.165) is 12.1 Å². The van der Waals surface area contributed by atoms with Crippen LogP contribution in [0.1, 0.15) is 0 Å². The quantitative estimate of drug-likeness (QED) is 0.370. The van der Waals surface area contributed by atoms with Crippen LogP contribution in [-0.4, -0.2) is 68.2 Å². The SMILES string of the molecule is NCC(=O)NC[C@H]1CN(c2ccc(-c3ccc(N4C[C@@H](CNc5ccon5)OC4=O)cc3F)c(F)c2)C(=O)O1. The lowest BCUT2D eigenvalue weighted by Crippen LogP contribution is -2.37. The van der Waals surface area contributed by atoms with Crippen molar-refractivity contribution < 1.29 is 37.2 Å². The first-order chi connectivity index (χ1) is 18.8. The number of nitrogens with one attached hydrogen (secondary N) is 2. The smallest absolute Gasteiger partial charge is 0.414 e. The van der Waals surface area contributed by atoms with Crippen LogP contribution in [0.25, 0.3) is 11.1 Å². The molecule has 12 nitrogen and oxygen atoms in total. The van der Waals surface area contributed by atoms with E-state index in [1.165, 1.54) is 40.3 Å². The van der Waals surface area contributed by atoms with Crippen LogP contribution in [0, 0.1) is 11.6 Å². The summed E-state index contributed by atoms with van der Waals surface area (Å²) in [7, 11) is 0. The van der Waals surface area contributed by atoms with Gasteiger partial charge in [0.25, 0.3) is 0 Å². The molecule has 1 aromatic heterocycles. The molecule has 2 aliphatic heterocycles. The summed E-state index contributed by atoms with van der Waals surface area (Å²) in [5.74, 6) is -1.40. The van der Waals surface area contributed by atoms with Crippen molar-refractivity contribution in [3.8, 4) is 11.1 Å². The molecule has 0 saturated carbocycles. The molecule has 2 fully saturated rings. The zero-order chi connectivity index (χ0) is 27.5. The Morgan fingerprint density at radius 3 is 1.97 bits per heavy atom. The molecule has 0 spiro atoms. The molecule has 3 amide bonds. The van der Waals surface area contributed by atoms with Gasteiger partial charge in [0, 0.05) is 17.2 Å². The lowest BCUT2D eigenvalue weighted by molar-refractivity contribution is -0.120. The van der Waals surface area contributed by atoms with Gasteiger partial charge in [-0.2, -0.15) is 0 Å². The highest BCUT2D eigenvalue weighted by Crippen LogP contribution is 2.33. The largest absolute Gasteiger partial charge is 0.442 e. The number of hydrogen-bond donors (Lipinski definition) is 3. The number of cyclic esters (lactones) is 2. The zero-order valence-electron chi connectivity index (χ0n) is 20.4. The van der Waals surface area contributed by atoms with Crippen LogP contribution >= 0.6 is 0 Å². The van der Waals surface area contributed by atoms with E-state index < -0.39 is 41.9 Å². The maximum atomic E-state index is 15.1. The first kappa shape index (κ1) is 25.9. The zero-order valence-corrected chi connectivity index (χ0v) is 20.4. The lowest BCUT2D eigenvalue weighted by atomic mass is 10.0. The predicted molar refractivity (Wildman–Crippen MR) is 134 cm³/mol. The molecule has 204 valence electrons. The van der Waals surface area contributed by atoms with Gasteiger partial charge in [0.05, 0.1) is 44.1 Å². The van der Waals surface area contributed by atoms with Crippen LogP contribution in [0.5, 0.6) is 0 Å². The maximum absolute atomic E-state index is 15.1. The number of nitrogens with zero attached hydrogens (tertiary/aromatic N) is 3. The molecular weight excluding hydrogens is 518 g/mol. The summed E-state index contributed by atoms with van der Waals surface area (Å²) in [5, 5.41) is 9.22. The second-order valence-corrected chi connectivity index (χ2v) is 8.83. The van der Waals surface area contributed by atoms with Gasteiger partial charge in [-0.1, -0.05) is 5.16 Å². The Morgan fingerprint density at radius 2 is 1.49 bits per heavy atom. The second kappa shape index (κ2) is 10.9. The summed E-state index contributed by atoms with van der Waals surface area (Å²) in [6.45, 7) is 0.417. The molecule has 0 unspecified atom stereocenters. The molecule has 3 aromatic rings. The van der Waals surface area contributed by atoms with Crippen molar-refractivity contribution >= 4 is 35.3 Å². The van der Waals surface area contributed by atoms with Gasteiger partial charge in [-0.15, -0.1) is 0 Å². The molecule has 4 N–H and O–H groups in total. The number of nitrogens with two attached hydrogens (primary N) is 1. The van der Waals surface area contributed by atoms with Gasteiger partial charge in [0.15, 0.2) is 5.82 Å². The van der Waals surface area contributed by atoms with Gasteiger partial charge >= 0.3 is 12.2 Å². The van der Waals surface area contributed by atoms with Crippen molar-refractivity contribution in [3.63, 3.8) is 0 Å². The standard InChI is InChI=1S/C25H24F2N6O6/c26-20-7-14(32-12-16(38-24(32)35)10-29-22-5-6-37-31-22)1-3-18(20)19-4-2-15(8-21(19)27)33-13-17(39-25(33)36)11-30-23(34)9-28/h1-8,16-17H,9-13,28H2,(H,29,31)(H,30,34)/t16-,17+/m1/s1. The molecule has 0 bridgehead atoms. The molecule has 2 aromatic carbocycles. The molecule has 5 rings (SSSR count). The fraction of sp³-hybridized carbons (Fsp3) is 0.280. The number of carbonyl (C=O) groups is 3. The molecule has 3 heterocycles. The third-order valence-corrected chi connectivity index (χ3v) is 6.23. The molecule has 39 heavy (non-hydrogen) atoms. The second-order valence-electron chi connectivity index (χ2n) is 8.83. The van der Waals surface area contributed by atoms with Crippen molar-refractivity contribution in [2.45, 2.75) is 12.2 Å². The molecule has 14 heteroatoms. The van der Waals surface area contributed by atoms with Crippen molar-refractivity contribution in [1.29, 1.82) is 0 Å². The molecule has 2 atom stereocenters. The number of aromatic nitrogens is 1. The summed E-state index contributed by atoms with van der Waals surface area (Å²) >= 11 is 0. The Bertz CT molecular complexity index is 1390. The highest BCUT2D eigenvalue weighted by atomic mass is 19.1. The summed E-state index contributed by atoms with van der Waals surface area (Å²) in [6.07, 6.45) is -1.06. The summed E-state index contributed by atoms with van der Waals surface area (Å²) in [5.41, 5.74) is 5.67. The van der Waals surface area contributed by atoms with E-state index in [0.29, 0.717) is 5.82 Å². The van der Waals surface area contributed by atoms with E-state index in [9.17, 15) is 14.4 Å². The van der Waals surface area contributed by atoms with Gasteiger partial charge in [-0.05, 0) is 36.4 Å². The monoisotopic (exact) mass is 542 g/mol. The maximum Gasteiger partial charge on any atom is 0.414 e. The minimum absolute atomic E-state index is 0.0222. The van der Waals surface area contributed by atoms with Crippen LogP contribution in [0.4, 0.5) is 35.6 Å². The third-order valence-electron chi connectivity index (χ3n) is 6.23. The topological polar surface area (TPSA) is 152 Å². The van der Waals surface area contributed by atoms with Crippen molar-refractivity contribution in [3.05, 3.63) is 60.4 Å². The fourth-order valence-corrected chi connectivity index (χ4v) is 4.28. The Morgan fingerprint density at radius 1 is 0.923 bits per heavy atom. The average Bonchev–Trinajstić information content (AvgIpc) is 3.66. The van der Waals surface area contributed by atoms with Crippen molar-refractivity contribution in [2.75, 3.05) is 47.8 Å². The first-order valence-electron chi connectivity index (χ1n) is 12.0. The Kier molecular flexibility index (Phi) is 7.27. The first-order valence-corrected chi connectivity index (χ1v) is 12.0. The van der Waals surface area contributed by atoms with E-state index >= 15 is 8.78 Å². The van der Waals surface area contributed by atoms with Gasteiger partial charge in [0.2, 0.25) is 5.91 Å². The van der Waals surface area contributed by atoms with Gasteiger partial charge in [0.1, 0.15) is 30.1 Å². The summed E-state index contributed by atoms with van der Waals surface area (Å²) in [4.78, 5) is 38.5. The number of ether oxygens (including phenoxy) is 2. The van der Waals surface area contributed by atoms with Crippen LogP contribution in [-0.2, 0) is 14.3 Å². The predicted octanol–water partition coefficient (Wildman–Crippen LogP) is 2.46. The Labute approximate surface area is 220 Å². The van der Waals surface area contributed by atoms with Crippen molar-refractivity contribution in [1.82, 2.24) is 10.5 Å². The molecular formula is C25H24F2N6O6. The van der Waals surface area contributed by atoms with E-state index in [1.54, 1.807) is 6.07 Å². The van der Waals surface area contributed by atoms with E-state index in [2.05, 4.69) is 15.8 Å². The number of anilines is 3. The minimum Gasteiger partial charge on any atom is -0.442 e. The van der Waals surface area contributed by atoms with Gasteiger partial charge in [-0.25, -0.2) is 18.4 Å². The summed E-state index contributed by atoms with van der Waals surface area (Å²) < 4.78 is 45.5. The number of benzene rings is 2. The number of carbonyl (C=O) groups excluding carboxylic acids is 3. The number of hydrogen-bond acceptors (Lipinski definition) is 9. The fourth-order valence-electron chi connectivity index (χ4n) is 4.28. The molecule has 0 aliphatic carbocycles. The highest BCUT2D eigenvalue weighted by molar-refractivity contribution is 5.91. The number of amides is 3. The Hall–Kier alpha value is -4.72. The lowest BCUT2D eigenvalue weighted by Gasteiger charge is -2.16. The minimum atomic E-state index is -0.758. The van der Waals surface area contributed by atoms with Gasteiger partial charge in [-0.3, -0.25) is 14.6 Å². The van der Waals surface area contributed by atoms with Crippen molar-refractivity contribution in [2.24, 2.45) is 5.73 Å². The molecule has 2 aliphatic rings. The van der Waals surface area contributed by atoms with Crippen LogP contribution in [0.3, 0.4) is 0 Å². The van der Waals surface area contributed by atoms with E-state index in [1.807, 2.05) is 0 Å². The molecule has 2 saturated heterocycles. The highest BCUT2D eigenvalue weighted by Gasteiger charge is 2.34. The number of rotatable bonds is 9. The molecule has 0 radical (unpaired) electrons. The third kappa shape index (κ3) is 5.60. The van der Waals surface area contributed by atoms with Crippen LogP contribution in [0.15, 0.2) is 53.3 Å². The van der Waals surface area contributed by atoms with Crippen LogP contribution in [0.2, 0.25) is 0 Å². The average molecular weight is 542 g/mol. The Balaban J connectivity index is 1.25. The van der Waals surface area contributed by atoms with Gasteiger partial charge < -0.3 is 30.4 Å². The van der Waals surface area contributed by atoms with E-state index in [-0.39, 0.29) is 55.2 Å². The van der Waals surface area contributed by atoms with E-state index in [4.69, 9.17) is 19.7 Å². The normalized spacial score (nSPS) is 18.7. The van der Waals surface area contributed by atoms with Crippen LogP contribution < -0.4 is 26.2 Å². The number of halogens is 2. The summed E-state index contributed by atoms with van der Waals surface area (Å²) in [6, 6.07) is 9.56.